The van der Waals surface area contributed by atoms with Crippen LogP contribution in [0, 0.1) is 27.7 Å². The van der Waals surface area contributed by atoms with Crippen molar-refractivity contribution < 1.29 is 4.79 Å². The van der Waals surface area contributed by atoms with Crippen LogP contribution in [0.5, 0.6) is 0 Å². The molecule has 3 aromatic rings. The molecule has 4 rings (SSSR count). The van der Waals surface area contributed by atoms with Gasteiger partial charge in [0.15, 0.2) is 5.16 Å². The Morgan fingerprint density at radius 2 is 1.52 bits per heavy atom. The van der Waals surface area contributed by atoms with Crippen LogP contribution in [0.3, 0.4) is 0 Å². The number of amides is 1. The number of rotatable bonds is 5. The highest BCUT2D eigenvalue weighted by molar-refractivity contribution is 7.99. The summed E-state index contributed by atoms with van der Waals surface area (Å²) in [5.74, 6) is 0.590. The second-order valence-corrected chi connectivity index (χ2v) is 9.12. The molecule has 1 aliphatic rings. The summed E-state index contributed by atoms with van der Waals surface area (Å²) in [7, 11) is 0. The van der Waals surface area contributed by atoms with E-state index in [4.69, 9.17) is 0 Å². The summed E-state index contributed by atoms with van der Waals surface area (Å²) in [6.07, 6.45) is 3.77. The average Bonchev–Trinajstić information content (AvgIpc) is 3.24. The van der Waals surface area contributed by atoms with Gasteiger partial charge in [-0.05, 0) is 62.1 Å². The van der Waals surface area contributed by atoms with Gasteiger partial charge in [-0.3, -0.25) is 9.36 Å². The topological polar surface area (TPSA) is 41.4 Å². The third kappa shape index (κ3) is 4.49. The molecule has 0 saturated carbocycles. The molecule has 162 valence electrons. The van der Waals surface area contributed by atoms with Gasteiger partial charge < -0.3 is 9.80 Å². The monoisotopic (exact) mass is 434 g/mol. The van der Waals surface area contributed by atoms with Crippen LogP contribution in [0.4, 0.5) is 5.69 Å². The predicted octanol–water partition coefficient (Wildman–Crippen LogP) is 4.55. The first-order valence-electron chi connectivity index (χ1n) is 10.8. The van der Waals surface area contributed by atoms with E-state index in [9.17, 15) is 4.79 Å². The Kier molecular flexibility index (Phi) is 6.37. The second kappa shape index (κ2) is 9.18. The van der Waals surface area contributed by atoms with Crippen molar-refractivity contribution in [1.82, 2.24) is 14.5 Å². The lowest BCUT2D eigenvalue weighted by Crippen LogP contribution is -2.49. The zero-order valence-corrected chi connectivity index (χ0v) is 19.6. The summed E-state index contributed by atoms with van der Waals surface area (Å²) in [4.78, 5) is 21.8. The molecule has 0 unspecified atom stereocenters. The fourth-order valence-corrected chi connectivity index (χ4v) is 4.94. The van der Waals surface area contributed by atoms with E-state index >= 15 is 0 Å². The normalized spacial score (nSPS) is 14.2. The summed E-state index contributed by atoms with van der Waals surface area (Å²) in [6.45, 7) is 11.8. The molecule has 2 heterocycles. The largest absolute Gasteiger partial charge is 0.368 e. The van der Waals surface area contributed by atoms with Crippen molar-refractivity contribution in [1.29, 1.82) is 0 Å². The fourth-order valence-electron chi connectivity index (χ4n) is 4.07. The number of piperazine rings is 1. The molecule has 1 fully saturated rings. The van der Waals surface area contributed by atoms with Crippen molar-refractivity contribution in [2.45, 2.75) is 32.9 Å². The second-order valence-electron chi connectivity index (χ2n) is 8.17. The molecule has 1 aliphatic heterocycles. The first-order chi connectivity index (χ1) is 15.0. The van der Waals surface area contributed by atoms with Crippen LogP contribution >= 0.6 is 11.8 Å². The van der Waals surface area contributed by atoms with Gasteiger partial charge >= 0.3 is 0 Å². The molecule has 0 aliphatic carbocycles. The van der Waals surface area contributed by atoms with Gasteiger partial charge in [0, 0.05) is 44.3 Å². The van der Waals surface area contributed by atoms with Crippen molar-refractivity contribution >= 4 is 23.4 Å². The van der Waals surface area contributed by atoms with E-state index in [0.29, 0.717) is 5.75 Å². The zero-order valence-electron chi connectivity index (χ0n) is 18.8. The highest BCUT2D eigenvalue weighted by Gasteiger charge is 2.23. The molecule has 2 aromatic carbocycles. The number of nitrogens with zero attached hydrogens (tertiary/aromatic N) is 4. The Bertz CT molecular complexity index is 1080. The van der Waals surface area contributed by atoms with E-state index < -0.39 is 0 Å². The number of hydrogen-bond acceptors (Lipinski definition) is 4. The van der Waals surface area contributed by atoms with Crippen molar-refractivity contribution in [2.75, 3.05) is 36.8 Å². The molecular formula is C25H30N4OS. The Hall–Kier alpha value is -2.73. The van der Waals surface area contributed by atoms with E-state index in [1.54, 1.807) is 6.20 Å². The van der Waals surface area contributed by atoms with E-state index in [0.717, 1.165) is 37.0 Å². The minimum atomic E-state index is 0.182. The number of carbonyl (C=O) groups is 1. The van der Waals surface area contributed by atoms with E-state index in [1.807, 2.05) is 11.1 Å². The molecule has 0 bridgehead atoms. The molecule has 0 radical (unpaired) electrons. The maximum Gasteiger partial charge on any atom is 0.233 e. The van der Waals surface area contributed by atoms with Crippen LogP contribution in [0.15, 0.2) is 53.9 Å². The number of aryl methyl sites for hydroxylation is 2. The van der Waals surface area contributed by atoms with Crippen LogP contribution in [0.25, 0.3) is 5.69 Å². The third-order valence-corrected chi connectivity index (χ3v) is 7.27. The van der Waals surface area contributed by atoms with Gasteiger partial charge in [0.25, 0.3) is 0 Å². The van der Waals surface area contributed by atoms with E-state index in [-0.39, 0.29) is 5.91 Å². The van der Waals surface area contributed by atoms with Crippen molar-refractivity contribution in [3.05, 3.63) is 71.0 Å². The van der Waals surface area contributed by atoms with E-state index in [2.05, 4.69) is 78.5 Å². The molecule has 5 nitrogen and oxygen atoms in total. The number of carbonyl (C=O) groups excluding carboxylic acids is 1. The lowest BCUT2D eigenvalue weighted by atomic mass is 10.1. The van der Waals surface area contributed by atoms with Crippen LogP contribution in [0.2, 0.25) is 0 Å². The third-order valence-electron chi connectivity index (χ3n) is 6.32. The first-order valence-corrected chi connectivity index (χ1v) is 11.8. The minimum absolute atomic E-state index is 0.182. The summed E-state index contributed by atoms with van der Waals surface area (Å²) in [5, 5.41) is 0.857. The number of hydrogen-bond donors (Lipinski definition) is 0. The van der Waals surface area contributed by atoms with E-state index in [1.165, 1.54) is 39.7 Å². The summed E-state index contributed by atoms with van der Waals surface area (Å²) in [6, 6.07) is 12.7. The molecule has 0 N–H and O–H groups in total. The summed E-state index contributed by atoms with van der Waals surface area (Å²) < 4.78 is 2.08. The number of anilines is 1. The van der Waals surface area contributed by atoms with Gasteiger partial charge in [0.05, 0.1) is 11.4 Å². The van der Waals surface area contributed by atoms with Crippen molar-refractivity contribution in [2.24, 2.45) is 0 Å². The van der Waals surface area contributed by atoms with Crippen molar-refractivity contribution in [3.8, 4) is 5.69 Å². The predicted molar refractivity (Wildman–Crippen MR) is 128 cm³/mol. The van der Waals surface area contributed by atoms with Crippen LogP contribution < -0.4 is 4.90 Å². The van der Waals surface area contributed by atoms with Gasteiger partial charge in [0.1, 0.15) is 0 Å². The first kappa shape index (κ1) is 21.5. The Balaban J connectivity index is 1.36. The molecule has 1 amide bonds. The molecule has 6 heteroatoms. The Labute approximate surface area is 189 Å². The Morgan fingerprint density at radius 3 is 2.19 bits per heavy atom. The van der Waals surface area contributed by atoms with Gasteiger partial charge in [-0.15, -0.1) is 0 Å². The number of thioether (sulfide) groups is 1. The highest BCUT2D eigenvalue weighted by atomic mass is 32.2. The van der Waals surface area contributed by atoms with Crippen molar-refractivity contribution in [3.63, 3.8) is 0 Å². The average molecular weight is 435 g/mol. The summed E-state index contributed by atoms with van der Waals surface area (Å²) >= 11 is 1.51. The molecule has 31 heavy (non-hydrogen) atoms. The molecule has 1 saturated heterocycles. The number of aromatic nitrogens is 2. The fraction of sp³-hybridized carbons (Fsp3) is 0.360. The zero-order chi connectivity index (χ0) is 22.0. The Morgan fingerprint density at radius 1 is 0.903 bits per heavy atom. The van der Waals surface area contributed by atoms with Gasteiger partial charge in [-0.25, -0.2) is 4.98 Å². The molecule has 0 atom stereocenters. The lowest BCUT2D eigenvalue weighted by molar-refractivity contribution is -0.128. The van der Waals surface area contributed by atoms with Crippen LogP contribution in [-0.2, 0) is 4.79 Å². The molecular weight excluding hydrogens is 404 g/mol. The van der Waals surface area contributed by atoms with Crippen LogP contribution in [-0.4, -0.2) is 52.3 Å². The van der Waals surface area contributed by atoms with Gasteiger partial charge in [-0.1, -0.05) is 36.0 Å². The maximum atomic E-state index is 12.9. The standard InChI is InChI=1S/C25H30N4OS/c1-18-7-5-9-22(20(18)3)27-13-15-28(16-14-27)24(30)17-31-25-26-11-12-29(25)23-10-6-8-19(2)21(23)4/h5-12H,13-17H2,1-4H3. The van der Waals surface area contributed by atoms with Gasteiger partial charge in [0.2, 0.25) is 5.91 Å². The summed E-state index contributed by atoms with van der Waals surface area (Å²) in [5.41, 5.74) is 7.53. The lowest BCUT2D eigenvalue weighted by Gasteiger charge is -2.37. The minimum Gasteiger partial charge on any atom is -0.368 e. The number of benzene rings is 2. The van der Waals surface area contributed by atoms with Gasteiger partial charge in [-0.2, -0.15) is 0 Å². The quantitative estimate of drug-likeness (QED) is 0.553. The molecule has 1 aromatic heterocycles. The molecule has 0 spiro atoms. The smallest absolute Gasteiger partial charge is 0.233 e. The maximum absolute atomic E-state index is 12.9. The SMILES string of the molecule is Cc1cccc(N2CCN(C(=O)CSc3nccn3-c3cccc(C)c3C)CC2)c1C. The van der Waals surface area contributed by atoms with Crippen LogP contribution in [0.1, 0.15) is 22.3 Å². The number of imidazole rings is 1. The highest BCUT2D eigenvalue weighted by Crippen LogP contribution is 2.26.